The van der Waals surface area contributed by atoms with Crippen molar-refractivity contribution in [3.05, 3.63) is 24.3 Å². The van der Waals surface area contributed by atoms with Gasteiger partial charge in [0.15, 0.2) is 0 Å². The van der Waals surface area contributed by atoms with Gasteiger partial charge in [0.2, 0.25) is 15.9 Å². The summed E-state index contributed by atoms with van der Waals surface area (Å²) in [6.45, 7) is 3.87. The van der Waals surface area contributed by atoms with Gasteiger partial charge in [-0.2, -0.15) is 0 Å². The van der Waals surface area contributed by atoms with Gasteiger partial charge in [-0.3, -0.25) is 14.1 Å². The Morgan fingerprint density at radius 3 is 2.29 bits per heavy atom. The Balaban J connectivity index is 1.95. The standard InChI is InChI=1S/C14H17N3O5S2/c1-10-9-23(19,20)17(14(10)18)12-3-5-13(6-4-12)24(21,22)16-8-7-15-11(16)2/h3-6,10H,7-9H2,1-2H3/t10-/m0/s1. The highest BCUT2D eigenvalue weighted by molar-refractivity contribution is 7.94. The van der Waals surface area contributed by atoms with E-state index in [4.69, 9.17) is 0 Å². The SMILES string of the molecule is CC1=NCCN1S(=O)(=O)c1ccc(N2C(=O)[C@@H](C)CS2(=O)=O)cc1. The minimum atomic E-state index is -3.73. The van der Waals surface area contributed by atoms with Crippen LogP contribution < -0.4 is 4.31 Å². The summed E-state index contributed by atoms with van der Waals surface area (Å²) in [6.07, 6.45) is 0. The van der Waals surface area contributed by atoms with E-state index in [2.05, 4.69) is 4.99 Å². The largest absolute Gasteiger partial charge is 0.273 e. The first-order valence-electron chi connectivity index (χ1n) is 7.35. The summed E-state index contributed by atoms with van der Waals surface area (Å²) in [4.78, 5) is 16.1. The first-order valence-corrected chi connectivity index (χ1v) is 10.4. The fourth-order valence-corrected chi connectivity index (χ4v) is 6.09. The van der Waals surface area contributed by atoms with E-state index in [9.17, 15) is 21.6 Å². The van der Waals surface area contributed by atoms with Crippen molar-refractivity contribution in [1.82, 2.24) is 4.31 Å². The fraction of sp³-hybridized carbons (Fsp3) is 0.429. The van der Waals surface area contributed by atoms with Crippen molar-refractivity contribution < 1.29 is 21.6 Å². The molecule has 0 unspecified atom stereocenters. The Morgan fingerprint density at radius 2 is 1.83 bits per heavy atom. The lowest BCUT2D eigenvalue weighted by atomic mass is 10.2. The number of nitrogens with zero attached hydrogens (tertiary/aromatic N) is 3. The number of amides is 1. The predicted molar refractivity (Wildman–Crippen MR) is 88.7 cm³/mol. The van der Waals surface area contributed by atoms with E-state index in [1.165, 1.54) is 28.6 Å². The molecule has 3 rings (SSSR count). The second-order valence-corrected chi connectivity index (χ2v) is 9.51. The molecule has 0 radical (unpaired) electrons. The zero-order valence-corrected chi connectivity index (χ0v) is 14.8. The number of sulfonamides is 2. The van der Waals surface area contributed by atoms with Crippen molar-refractivity contribution in [1.29, 1.82) is 0 Å². The molecule has 1 saturated heterocycles. The average molecular weight is 371 g/mol. The smallest absolute Gasteiger partial charge is 0.265 e. The van der Waals surface area contributed by atoms with Crippen molar-refractivity contribution in [3.63, 3.8) is 0 Å². The summed E-state index contributed by atoms with van der Waals surface area (Å²) >= 11 is 0. The zero-order valence-electron chi connectivity index (χ0n) is 13.2. The van der Waals surface area contributed by atoms with Crippen LogP contribution in [0.2, 0.25) is 0 Å². The highest BCUT2D eigenvalue weighted by Gasteiger charge is 2.42. The molecule has 2 aliphatic heterocycles. The summed E-state index contributed by atoms with van der Waals surface area (Å²) in [7, 11) is -7.44. The van der Waals surface area contributed by atoms with Gasteiger partial charge >= 0.3 is 0 Å². The molecule has 1 aromatic carbocycles. The van der Waals surface area contributed by atoms with Crippen LogP contribution in [-0.4, -0.2) is 51.7 Å². The van der Waals surface area contributed by atoms with Crippen molar-refractivity contribution in [2.45, 2.75) is 18.7 Å². The van der Waals surface area contributed by atoms with Crippen LogP contribution in [0, 0.1) is 5.92 Å². The third-order valence-electron chi connectivity index (χ3n) is 4.02. The number of rotatable bonds is 3. The van der Waals surface area contributed by atoms with E-state index in [0.29, 0.717) is 12.4 Å². The van der Waals surface area contributed by atoms with E-state index < -0.39 is 31.9 Å². The number of amidine groups is 1. The third-order valence-corrected chi connectivity index (χ3v) is 7.79. The van der Waals surface area contributed by atoms with Crippen molar-refractivity contribution in [2.75, 3.05) is 23.1 Å². The van der Waals surface area contributed by atoms with Crippen LogP contribution in [0.1, 0.15) is 13.8 Å². The molecule has 2 heterocycles. The molecule has 24 heavy (non-hydrogen) atoms. The molecule has 0 aliphatic carbocycles. The highest BCUT2D eigenvalue weighted by Crippen LogP contribution is 2.29. The number of hydrogen-bond donors (Lipinski definition) is 0. The van der Waals surface area contributed by atoms with E-state index in [1.807, 2.05) is 0 Å². The van der Waals surface area contributed by atoms with Gasteiger partial charge in [0.05, 0.1) is 35.3 Å². The Morgan fingerprint density at radius 1 is 1.21 bits per heavy atom. The number of hydrogen-bond acceptors (Lipinski definition) is 6. The molecule has 2 aliphatic rings. The molecule has 1 amide bonds. The predicted octanol–water partition coefficient (Wildman–Crippen LogP) is 0.422. The van der Waals surface area contributed by atoms with Gasteiger partial charge in [-0.1, -0.05) is 6.92 Å². The summed E-state index contributed by atoms with van der Waals surface area (Å²) in [5.74, 6) is -0.935. The van der Waals surface area contributed by atoms with Crippen LogP contribution >= 0.6 is 0 Å². The first-order chi connectivity index (χ1) is 11.1. The Hall–Kier alpha value is -1.94. The number of carbonyl (C=O) groups is 1. The Bertz CT molecular complexity index is 920. The maximum absolute atomic E-state index is 12.6. The lowest BCUT2D eigenvalue weighted by Gasteiger charge is -2.19. The monoisotopic (exact) mass is 371 g/mol. The van der Waals surface area contributed by atoms with Crippen LogP contribution in [0.15, 0.2) is 34.2 Å². The van der Waals surface area contributed by atoms with Crippen molar-refractivity contribution in [2.24, 2.45) is 10.9 Å². The quantitative estimate of drug-likeness (QED) is 0.766. The van der Waals surface area contributed by atoms with E-state index in [-0.39, 0.29) is 22.9 Å². The fourth-order valence-electron chi connectivity index (χ4n) is 2.80. The molecular weight excluding hydrogens is 354 g/mol. The van der Waals surface area contributed by atoms with Crippen molar-refractivity contribution >= 4 is 37.5 Å². The molecule has 1 atom stereocenters. The number of anilines is 1. The number of carbonyl (C=O) groups excluding carboxylic acids is 1. The topological polar surface area (TPSA) is 104 Å². The number of benzene rings is 1. The van der Waals surface area contributed by atoms with Gasteiger partial charge in [0.1, 0.15) is 5.84 Å². The third kappa shape index (κ3) is 2.59. The Kier molecular flexibility index (Phi) is 3.91. The van der Waals surface area contributed by atoms with Gasteiger partial charge in [-0.15, -0.1) is 0 Å². The van der Waals surface area contributed by atoms with E-state index >= 15 is 0 Å². The van der Waals surface area contributed by atoms with Gasteiger partial charge in [0, 0.05) is 0 Å². The van der Waals surface area contributed by atoms with E-state index in [0.717, 1.165) is 4.31 Å². The van der Waals surface area contributed by atoms with Gasteiger partial charge in [-0.25, -0.2) is 21.1 Å². The lowest BCUT2D eigenvalue weighted by Crippen LogP contribution is -2.33. The second kappa shape index (κ2) is 5.55. The summed E-state index contributed by atoms with van der Waals surface area (Å²) in [5.41, 5.74) is 0.148. The summed E-state index contributed by atoms with van der Waals surface area (Å²) in [5, 5.41) is 0. The Labute approximate surface area is 140 Å². The van der Waals surface area contributed by atoms with Gasteiger partial charge in [-0.05, 0) is 31.2 Å². The number of aliphatic imine (C=N–C) groups is 1. The molecule has 8 nitrogen and oxygen atoms in total. The molecule has 1 fully saturated rings. The minimum absolute atomic E-state index is 0.0276. The van der Waals surface area contributed by atoms with E-state index in [1.54, 1.807) is 13.8 Å². The summed E-state index contributed by atoms with van der Waals surface area (Å²) < 4.78 is 51.3. The van der Waals surface area contributed by atoms with Crippen LogP contribution in [0.3, 0.4) is 0 Å². The molecule has 0 N–H and O–H groups in total. The molecule has 0 aromatic heterocycles. The van der Waals surface area contributed by atoms with Crippen LogP contribution in [0.25, 0.3) is 0 Å². The lowest BCUT2D eigenvalue weighted by molar-refractivity contribution is -0.119. The maximum atomic E-state index is 12.6. The van der Waals surface area contributed by atoms with Crippen LogP contribution in [0.4, 0.5) is 5.69 Å². The molecule has 1 aromatic rings. The average Bonchev–Trinajstić information content (AvgIpc) is 3.01. The molecule has 130 valence electrons. The molecule has 0 saturated carbocycles. The maximum Gasteiger partial charge on any atom is 0.265 e. The zero-order chi connectivity index (χ0) is 17.7. The second-order valence-electron chi connectivity index (χ2n) is 5.78. The van der Waals surface area contributed by atoms with Crippen LogP contribution in [-0.2, 0) is 24.8 Å². The summed E-state index contributed by atoms with van der Waals surface area (Å²) in [6, 6.07) is 5.29. The minimum Gasteiger partial charge on any atom is -0.273 e. The van der Waals surface area contributed by atoms with Gasteiger partial charge in [0.25, 0.3) is 10.0 Å². The van der Waals surface area contributed by atoms with Crippen LogP contribution in [0.5, 0.6) is 0 Å². The normalized spacial score (nSPS) is 23.7. The highest BCUT2D eigenvalue weighted by atomic mass is 32.2. The van der Waals surface area contributed by atoms with Gasteiger partial charge < -0.3 is 0 Å². The molecule has 0 spiro atoms. The molecule has 10 heteroatoms. The first kappa shape index (κ1) is 16.9. The van der Waals surface area contributed by atoms with Crippen molar-refractivity contribution in [3.8, 4) is 0 Å². The molecule has 0 bridgehead atoms. The molecular formula is C14H17N3O5S2.